The van der Waals surface area contributed by atoms with E-state index in [2.05, 4.69) is 16.2 Å². The summed E-state index contributed by atoms with van der Waals surface area (Å²) < 4.78 is 39.3. The minimum absolute atomic E-state index is 0.274. The number of sulfonamides is 1. The maximum absolute atomic E-state index is 13.1. The highest BCUT2D eigenvalue weighted by Crippen LogP contribution is 2.19. The third kappa shape index (κ3) is 4.05. The summed E-state index contributed by atoms with van der Waals surface area (Å²) in [5, 5.41) is 1.81. The summed E-state index contributed by atoms with van der Waals surface area (Å²) in [7, 11) is -2.30. The van der Waals surface area contributed by atoms with E-state index in [4.69, 9.17) is 0 Å². The molecule has 7 nitrogen and oxygen atoms in total. The van der Waals surface area contributed by atoms with Crippen molar-refractivity contribution in [3.63, 3.8) is 0 Å². The smallest absolute Gasteiger partial charge is 0.239 e. The molecule has 3 N–H and O–H groups in total. The standard InChI is InChI=1S/C14H21FN4O3S/c1-9-14(10(2)18-17-9)23(21,22)19(3)8-13(20)16-12-6-4-5-11(15)7-12/h4-7,9-10,14,17-18H,8H2,1-3H3,(H,16,20). The number of nitrogens with zero attached hydrogens (tertiary/aromatic N) is 1. The number of rotatable bonds is 5. The fourth-order valence-corrected chi connectivity index (χ4v) is 4.52. The van der Waals surface area contributed by atoms with Crippen LogP contribution in [0.4, 0.5) is 10.1 Å². The van der Waals surface area contributed by atoms with Gasteiger partial charge in [0.25, 0.3) is 0 Å². The zero-order chi connectivity index (χ0) is 17.2. The molecular weight excluding hydrogens is 323 g/mol. The Balaban J connectivity index is 2.03. The van der Waals surface area contributed by atoms with E-state index >= 15 is 0 Å². The highest BCUT2D eigenvalue weighted by molar-refractivity contribution is 7.89. The number of amides is 1. The Labute approximate surface area is 135 Å². The Morgan fingerprint density at radius 1 is 1.30 bits per heavy atom. The quantitative estimate of drug-likeness (QED) is 0.714. The summed E-state index contributed by atoms with van der Waals surface area (Å²) in [6, 6.07) is 4.87. The first kappa shape index (κ1) is 17.8. The second-order valence-corrected chi connectivity index (χ2v) is 7.89. The van der Waals surface area contributed by atoms with E-state index in [0.29, 0.717) is 0 Å². The lowest BCUT2D eigenvalue weighted by Crippen LogP contribution is -2.47. The first-order valence-electron chi connectivity index (χ1n) is 7.23. The minimum Gasteiger partial charge on any atom is -0.325 e. The second kappa shape index (κ2) is 6.91. The number of likely N-dealkylation sites (N-methyl/N-ethyl adjacent to an activating group) is 1. The third-order valence-corrected chi connectivity index (χ3v) is 6.28. The SMILES string of the molecule is CC1NNC(C)C1S(=O)(=O)N(C)CC(=O)Nc1cccc(F)c1. The molecule has 1 aromatic carbocycles. The van der Waals surface area contributed by atoms with Crippen LogP contribution < -0.4 is 16.2 Å². The van der Waals surface area contributed by atoms with E-state index < -0.39 is 27.0 Å². The molecule has 1 amide bonds. The van der Waals surface area contributed by atoms with Gasteiger partial charge in [-0.3, -0.25) is 15.6 Å². The lowest BCUT2D eigenvalue weighted by atomic mass is 10.2. The van der Waals surface area contributed by atoms with Gasteiger partial charge in [-0.15, -0.1) is 0 Å². The van der Waals surface area contributed by atoms with Crippen molar-refractivity contribution in [2.24, 2.45) is 0 Å². The van der Waals surface area contributed by atoms with Gasteiger partial charge in [0, 0.05) is 24.8 Å². The molecule has 0 aromatic heterocycles. The summed E-state index contributed by atoms with van der Waals surface area (Å²) in [4.78, 5) is 12.0. The van der Waals surface area contributed by atoms with Gasteiger partial charge < -0.3 is 5.32 Å². The van der Waals surface area contributed by atoms with Crippen LogP contribution in [0.5, 0.6) is 0 Å². The molecule has 1 heterocycles. The second-order valence-electron chi connectivity index (χ2n) is 5.69. The lowest BCUT2D eigenvalue weighted by molar-refractivity contribution is -0.116. The number of anilines is 1. The molecule has 0 aliphatic carbocycles. The van der Waals surface area contributed by atoms with Gasteiger partial charge in [-0.05, 0) is 32.0 Å². The molecule has 2 unspecified atom stereocenters. The maximum Gasteiger partial charge on any atom is 0.239 e. The van der Waals surface area contributed by atoms with E-state index in [1.807, 2.05) is 0 Å². The summed E-state index contributed by atoms with van der Waals surface area (Å²) in [6.45, 7) is 3.19. The highest BCUT2D eigenvalue weighted by atomic mass is 32.2. The molecule has 0 saturated carbocycles. The van der Waals surface area contributed by atoms with E-state index in [9.17, 15) is 17.6 Å². The van der Waals surface area contributed by atoms with Crippen LogP contribution in [-0.4, -0.2) is 49.6 Å². The fraction of sp³-hybridized carbons (Fsp3) is 0.500. The van der Waals surface area contributed by atoms with Crippen LogP contribution in [0.15, 0.2) is 24.3 Å². The van der Waals surface area contributed by atoms with Crippen molar-refractivity contribution in [2.45, 2.75) is 31.2 Å². The average molecular weight is 344 g/mol. The van der Waals surface area contributed by atoms with Crippen LogP contribution in [0.25, 0.3) is 0 Å². The van der Waals surface area contributed by atoms with Gasteiger partial charge in [0.2, 0.25) is 15.9 Å². The largest absolute Gasteiger partial charge is 0.325 e. The van der Waals surface area contributed by atoms with E-state index in [1.165, 1.54) is 31.3 Å². The first-order chi connectivity index (χ1) is 10.7. The predicted octanol–water partition coefficient (Wildman–Crippen LogP) is 0.279. The molecule has 0 radical (unpaired) electrons. The Hall–Kier alpha value is -1.55. The maximum atomic E-state index is 13.1. The van der Waals surface area contributed by atoms with Gasteiger partial charge in [0.05, 0.1) is 6.54 Å². The lowest BCUT2D eigenvalue weighted by Gasteiger charge is -2.25. The molecule has 1 fully saturated rings. The van der Waals surface area contributed by atoms with Crippen molar-refractivity contribution in [3.8, 4) is 0 Å². The minimum atomic E-state index is -3.66. The topological polar surface area (TPSA) is 90.5 Å². The molecule has 0 bridgehead atoms. The zero-order valence-electron chi connectivity index (χ0n) is 13.2. The van der Waals surface area contributed by atoms with Gasteiger partial charge in [-0.1, -0.05) is 6.07 Å². The number of benzene rings is 1. The predicted molar refractivity (Wildman–Crippen MR) is 85.6 cm³/mol. The Bertz CT molecular complexity index is 672. The van der Waals surface area contributed by atoms with Crippen LogP contribution in [0.1, 0.15) is 13.8 Å². The van der Waals surface area contributed by atoms with Gasteiger partial charge in [-0.25, -0.2) is 12.8 Å². The van der Waals surface area contributed by atoms with Crippen molar-refractivity contribution in [3.05, 3.63) is 30.1 Å². The number of halogens is 1. The van der Waals surface area contributed by atoms with Crippen LogP contribution >= 0.6 is 0 Å². The molecule has 9 heteroatoms. The molecule has 0 spiro atoms. The van der Waals surface area contributed by atoms with Crippen molar-refractivity contribution < 1.29 is 17.6 Å². The molecule has 2 rings (SSSR count). The Kier molecular flexibility index (Phi) is 5.35. The van der Waals surface area contributed by atoms with Gasteiger partial charge in [-0.2, -0.15) is 4.31 Å². The number of hydrazine groups is 1. The number of nitrogens with one attached hydrogen (secondary N) is 3. The number of carbonyl (C=O) groups excluding carboxylic acids is 1. The molecule has 1 aliphatic heterocycles. The number of carbonyl (C=O) groups is 1. The van der Waals surface area contributed by atoms with Crippen LogP contribution in [0.2, 0.25) is 0 Å². The molecule has 23 heavy (non-hydrogen) atoms. The van der Waals surface area contributed by atoms with Gasteiger partial charge in [0.15, 0.2) is 0 Å². The van der Waals surface area contributed by atoms with Crippen molar-refractivity contribution in [1.29, 1.82) is 0 Å². The van der Waals surface area contributed by atoms with E-state index in [0.717, 1.165) is 4.31 Å². The summed E-state index contributed by atoms with van der Waals surface area (Å²) in [5.41, 5.74) is 6.05. The number of hydrogen-bond acceptors (Lipinski definition) is 5. The third-order valence-electron chi connectivity index (χ3n) is 3.78. The van der Waals surface area contributed by atoms with Crippen LogP contribution in [-0.2, 0) is 14.8 Å². The summed E-state index contributed by atoms with van der Waals surface area (Å²) in [5.74, 6) is -1.00. The van der Waals surface area contributed by atoms with Crippen molar-refractivity contribution in [2.75, 3.05) is 18.9 Å². The van der Waals surface area contributed by atoms with E-state index in [1.54, 1.807) is 13.8 Å². The molecule has 1 aromatic rings. The fourth-order valence-electron chi connectivity index (χ4n) is 2.64. The highest BCUT2D eigenvalue weighted by Gasteiger charge is 2.42. The molecule has 128 valence electrons. The first-order valence-corrected chi connectivity index (χ1v) is 8.74. The molecule has 1 saturated heterocycles. The van der Waals surface area contributed by atoms with Crippen LogP contribution in [0.3, 0.4) is 0 Å². The van der Waals surface area contributed by atoms with Crippen LogP contribution in [0, 0.1) is 5.82 Å². The summed E-state index contributed by atoms with van der Waals surface area (Å²) in [6.07, 6.45) is 0. The van der Waals surface area contributed by atoms with Gasteiger partial charge >= 0.3 is 0 Å². The number of hydrogen-bond donors (Lipinski definition) is 3. The normalized spacial score (nSPS) is 24.8. The molecule has 1 aliphatic rings. The Morgan fingerprint density at radius 3 is 2.48 bits per heavy atom. The zero-order valence-corrected chi connectivity index (χ0v) is 14.0. The summed E-state index contributed by atoms with van der Waals surface area (Å²) >= 11 is 0. The molecule has 2 atom stereocenters. The average Bonchev–Trinajstić information content (AvgIpc) is 2.78. The van der Waals surface area contributed by atoms with E-state index in [-0.39, 0.29) is 24.3 Å². The molecular formula is C14H21FN4O3S. The van der Waals surface area contributed by atoms with Crippen molar-refractivity contribution >= 4 is 21.6 Å². The van der Waals surface area contributed by atoms with Crippen molar-refractivity contribution in [1.82, 2.24) is 15.2 Å². The monoisotopic (exact) mass is 344 g/mol. The Morgan fingerprint density at radius 2 is 1.91 bits per heavy atom. The van der Waals surface area contributed by atoms with Gasteiger partial charge in [0.1, 0.15) is 11.1 Å².